The van der Waals surface area contributed by atoms with Gasteiger partial charge in [0.2, 0.25) is 5.91 Å². The molecule has 0 saturated carbocycles. The van der Waals surface area contributed by atoms with Crippen LogP contribution in [0.3, 0.4) is 0 Å². The van der Waals surface area contributed by atoms with E-state index in [-0.39, 0.29) is 10.6 Å². The molecule has 0 saturated heterocycles. The predicted octanol–water partition coefficient (Wildman–Crippen LogP) is 5.00. The maximum absolute atomic E-state index is 13.4. The molecule has 0 aliphatic carbocycles. The number of hydrogen-bond donors (Lipinski definition) is 1. The highest BCUT2D eigenvalue weighted by molar-refractivity contribution is 7.92. The minimum Gasteiger partial charge on any atom is -0.325 e. The van der Waals surface area contributed by atoms with Crippen molar-refractivity contribution < 1.29 is 17.6 Å². The highest BCUT2D eigenvalue weighted by atomic mass is 32.2. The first-order valence-corrected chi connectivity index (χ1v) is 11.6. The average molecular weight is 441 g/mol. The van der Waals surface area contributed by atoms with Crippen molar-refractivity contribution in [2.24, 2.45) is 0 Å². The van der Waals surface area contributed by atoms with Gasteiger partial charge in [-0.3, -0.25) is 9.10 Å². The molecule has 31 heavy (non-hydrogen) atoms. The van der Waals surface area contributed by atoms with Gasteiger partial charge < -0.3 is 5.32 Å². The van der Waals surface area contributed by atoms with Crippen molar-refractivity contribution in [3.63, 3.8) is 0 Å². The number of carbonyl (C=O) groups excluding carboxylic acids is 1. The summed E-state index contributed by atoms with van der Waals surface area (Å²) in [5.41, 5.74) is 1.97. The SMILES string of the molecule is CCCCc1ccc(NC(=O)CN(c2ccc(F)cc2)S(=O)(=O)c2ccccc2)cc1. The van der Waals surface area contributed by atoms with Crippen molar-refractivity contribution >= 4 is 27.3 Å². The number of hydrogen-bond acceptors (Lipinski definition) is 3. The summed E-state index contributed by atoms with van der Waals surface area (Å²) in [6.45, 7) is 1.69. The van der Waals surface area contributed by atoms with Crippen LogP contribution in [0.4, 0.5) is 15.8 Å². The van der Waals surface area contributed by atoms with Gasteiger partial charge in [0.05, 0.1) is 10.6 Å². The number of halogens is 1. The number of amides is 1. The average Bonchev–Trinajstić information content (AvgIpc) is 2.78. The predicted molar refractivity (Wildman–Crippen MR) is 121 cm³/mol. The van der Waals surface area contributed by atoms with Crippen molar-refractivity contribution in [3.05, 3.63) is 90.2 Å². The lowest BCUT2D eigenvalue weighted by Gasteiger charge is -2.24. The van der Waals surface area contributed by atoms with E-state index in [1.807, 2.05) is 12.1 Å². The van der Waals surface area contributed by atoms with E-state index in [1.165, 1.54) is 29.8 Å². The van der Waals surface area contributed by atoms with Gasteiger partial charge in [-0.25, -0.2) is 12.8 Å². The van der Waals surface area contributed by atoms with Crippen LogP contribution in [0.25, 0.3) is 0 Å². The molecule has 1 amide bonds. The number of anilines is 2. The maximum atomic E-state index is 13.4. The Morgan fingerprint density at radius 2 is 1.58 bits per heavy atom. The number of benzene rings is 3. The van der Waals surface area contributed by atoms with Crippen LogP contribution in [0, 0.1) is 5.82 Å². The van der Waals surface area contributed by atoms with Gasteiger partial charge >= 0.3 is 0 Å². The fourth-order valence-corrected chi connectivity index (χ4v) is 4.55. The Morgan fingerprint density at radius 1 is 0.935 bits per heavy atom. The van der Waals surface area contributed by atoms with Crippen molar-refractivity contribution in [2.75, 3.05) is 16.2 Å². The molecule has 162 valence electrons. The molecule has 5 nitrogen and oxygen atoms in total. The summed E-state index contributed by atoms with van der Waals surface area (Å²) < 4.78 is 40.8. The smallest absolute Gasteiger partial charge is 0.264 e. The first-order valence-electron chi connectivity index (χ1n) is 10.1. The topological polar surface area (TPSA) is 66.5 Å². The molecule has 0 fully saturated rings. The summed E-state index contributed by atoms with van der Waals surface area (Å²) >= 11 is 0. The summed E-state index contributed by atoms with van der Waals surface area (Å²) in [6.07, 6.45) is 3.17. The van der Waals surface area contributed by atoms with Gasteiger partial charge in [0, 0.05) is 5.69 Å². The Morgan fingerprint density at radius 3 is 2.19 bits per heavy atom. The van der Waals surface area contributed by atoms with E-state index in [0.717, 1.165) is 35.7 Å². The zero-order valence-corrected chi connectivity index (χ0v) is 18.1. The molecule has 0 aliphatic heterocycles. The molecule has 3 aromatic carbocycles. The van der Waals surface area contributed by atoms with Crippen LogP contribution in [-0.4, -0.2) is 20.9 Å². The van der Waals surface area contributed by atoms with Crippen LogP contribution in [-0.2, 0) is 21.2 Å². The van der Waals surface area contributed by atoms with E-state index in [1.54, 1.807) is 30.3 Å². The zero-order valence-electron chi connectivity index (χ0n) is 17.3. The lowest BCUT2D eigenvalue weighted by molar-refractivity contribution is -0.114. The Balaban J connectivity index is 1.81. The van der Waals surface area contributed by atoms with Crippen molar-refractivity contribution in [1.82, 2.24) is 0 Å². The normalized spacial score (nSPS) is 11.2. The second-order valence-electron chi connectivity index (χ2n) is 7.15. The van der Waals surface area contributed by atoms with Crippen molar-refractivity contribution in [1.29, 1.82) is 0 Å². The molecule has 1 N–H and O–H groups in total. The monoisotopic (exact) mass is 440 g/mol. The van der Waals surface area contributed by atoms with Crippen LogP contribution >= 0.6 is 0 Å². The van der Waals surface area contributed by atoms with Crippen LogP contribution in [0.5, 0.6) is 0 Å². The van der Waals surface area contributed by atoms with Crippen LogP contribution in [0.2, 0.25) is 0 Å². The number of sulfonamides is 1. The Bertz CT molecular complexity index is 1100. The second kappa shape index (κ2) is 10.2. The van der Waals surface area contributed by atoms with Gasteiger partial charge in [-0.1, -0.05) is 43.7 Å². The second-order valence-corrected chi connectivity index (χ2v) is 9.01. The molecule has 0 atom stereocenters. The molecule has 0 heterocycles. The molecule has 0 radical (unpaired) electrons. The van der Waals surface area contributed by atoms with Gasteiger partial charge in [0.15, 0.2) is 0 Å². The molecular weight excluding hydrogens is 415 g/mol. The number of nitrogens with one attached hydrogen (secondary N) is 1. The van der Waals surface area contributed by atoms with Gasteiger partial charge in [0.1, 0.15) is 12.4 Å². The minimum atomic E-state index is -4.02. The Hall–Kier alpha value is -3.19. The van der Waals surface area contributed by atoms with Crippen LogP contribution in [0.1, 0.15) is 25.3 Å². The summed E-state index contributed by atoms with van der Waals surface area (Å²) in [4.78, 5) is 12.8. The van der Waals surface area contributed by atoms with Crippen molar-refractivity contribution in [3.8, 4) is 0 Å². The molecule has 3 aromatic rings. The van der Waals surface area contributed by atoms with E-state index in [2.05, 4.69) is 12.2 Å². The van der Waals surface area contributed by atoms with Crippen LogP contribution < -0.4 is 9.62 Å². The molecule has 3 rings (SSSR count). The van der Waals surface area contributed by atoms with Crippen molar-refractivity contribution in [2.45, 2.75) is 31.1 Å². The largest absolute Gasteiger partial charge is 0.325 e. The third-order valence-electron chi connectivity index (χ3n) is 4.79. The lowest BCUT2D eigenvalue weighted by atomic mass is 10.1. The number of rotatable bonds is 9. The van der Waals surface area contributed by atoms with E-state index in [9.17, 15) is 17.6 Å². The highest BCUT2D eigenvalue weighted by Gasteiger charge is 2.27. The maximum Gasteiger partial charge on any atom is 0.264 e. The van der Waals surface area contributed by atoms with Gasteiger partial charge in [-0.15, -0.1) is 0 Å². The molecular formula is C24H25FN2O3S. The van der Waals surface area contributed by atoms with E-state index < -0.39 is 28.3 Å². The Kier molecular flexibility index (Phi) is 7.41. The Labute approximate surface area is 182 Å². The first-order chi connectivity index (χ1) is 14.9. The number of aryl methyl sites for hydroxylation is 1. The number of nitrogens with zero attached hydrogens (tertiary/aromatic N) is 1. The molecule has 0 bridgehead atoms. The van der Waals surface area contributed by atoms with Gasteiger partial charge in [0.25, 0.3) is 10.0 Å². The zero-order chi connectivity index (χ0) is 22.3. The number of unbranched alkanes of at least 4 members (excludes halogenated alkanes) is 1. The van der Waals surface area contributed by atoms with E-state index >= 15 is 0 Å². The quantitative estimate of drug-likeness (QED) is 0.509. The molecule has 0 unspecified atom stereocenters. The van der Waals surface area contributed by atoms with Crippen LogP contribution in [0.15, 0.2) is 83.8 Å². The first kappa shape index (κ1) is 22.5. The lowest BCUT2D eigenvalue weighted by Crippen LogP contribution is -2.38. The molecule has 0 aromatic heterocycles. The van der Waals surface area contributed by atoms with Gasteiger partial charge in [-0.05, 0) is 66.9 Å². The summed E-state index contributed by atoms with van der Waals surface area (Å²) in [6, 6.07) is 20.3. The standard InChI is InChI=1S/C24H25FN2O3S/c1-2-3-7-19-10-14-21(15-11-19)26-24(28)18-27(22-16-12-20(25)13-17-22)31(29,30)23-8-5-4-6-9-23/h4-6,8-17H,2-3,7,18H2,1H3,(H,26,28). The summed E-state index contributed by atoms with van der Waals surface area (Å²) in [5.74, 6) is -0.987. The molecule has 7 heteroatoms. The fourth-order valence-electron chi connectivity index (χ4n) is 3.11. The highest BCUT2D eigenvalue weighted by Crippen LogP contribution is 2.24. The fraction of sp³-hybridized carbons (Fsp3) is 0.208. The summed E-state index contributed by atoms with van der Waals surface area (Å²) in [7, 11) is -4.02. The number of carbonyl (C=O) groups is 1. The summed E-state index contributed by atoms with van der Waals surface area (Å²) in [5, 5.41) is 2.74. The van der Waals surface area contributed by atoms with E-state index in [0.29, 0.717) is 5.69 Å². The minimum absolute atomic E-state index is 0.0485. The molecule has 0 aliphatic rings. The molecule has 0 spiro atoms. The third-order valence-corrected chi connectivity index (χ3v) is 6.58. The van der Waals surface area contributed by atoms with Gasteiger partial charge in [-0.2, -0.15) is 0 Å². The third kappa shape index (κ3) is 5.92. The van der Waals surface area contributed by atoms with E-state index in [4.69, 9.17) is 0 Å².